The lowest BCUT2D eigenvalue weighted by Crippen LogP contribution is -2.43. The molecule has 1 heterocycles. The van der Waals surface area contributed by atoms with Gasteiger partial charge >= 0.3 is 0 Å². The van der Waals surface area contributed by atoms with E-state index in [9.17, 15) is 15.0 Å². The van der Waals surface area contributed by atoms with Crippen LogP contribution in [0.1, 0.15) is 23.7 Å². The van der Waals surface area contributed by atoms with Crippen molar-refractivity contribution in [2.75, 3.05) is 13.1 Å². The van der Waals surface area contributed by atoms with Crippen LogP contribution in [0, 0.1) is 5.92 Å². The van der Waals surface area contributed by atoms with Crippen molar-refractivity contribution in [3.05, 3.63) is 23.8 Å². The molecule has 1 saturated heterocycles. The first-order valence-corrected chi connectivity index (χ1v) is 6.37. The number of halogens is 1. The molecule has 5 heteroatoms. The average Bonchev–Trinajstić information content (AvgIpc) is 2.30. The van der Waals surface area contributed by atoms with Crippen molar-refractivity contribution >= 4 is 17.5 Å². The Morgan fingerprint density at radius 1 is 1.33 bits per heavy atom. The van der Waals surface area contributed by atoms with Gasteiger partial charge in [-0.3, -0.25) is 4.79 Å². The van der Waals surface area contributed by atoms with Crippen LogP contribution in [0.4, 0.5) is 0 Å². The molecule has 98 valence electrons. The van der Waals surface area contributed by atoms with E-state index >= 15 is 0 Å². The third-order valence-electron chi connectivity index (χ3n) is 3.24. The van der Waals surface area contributed by atoms with Crippen molar-refractivity contribution in [1.29, 1.82) is 0 Å². The number of phenols is 2. The quantitative estimate of drug-likeness (QED) is 0.769. The van der Waals surface area contributed by atoms with Crippen molar-refractivity contribution in [1.82, 2.24) is 4.90 Å². The summed E-state index contributed by atoms with van der Waals surface area (Å²) in [6, 6.07) is 3.92. The first-order chi connectivity index (χ1) is 8.47. The van der Waals surface area contributed by atoms with Gasteiger partial charge in [0, 0.05) is 30.1 Å². The van der Waals surface area contributed by atoms with Gasteiger partial charge in [-0.25, -0.2) is 0 Å². The van der Waals surface area contributed by atoms with Gasteiger partial charge in [0.15, 0.2) is 0 Å². The predicted molar refractivity (Wildman–Crippen MR) is 69.1 cm³/mol. The molecule has 1 aromatic rings. The number of likely N-dealkylation sites (tertiary alicyclic amines) is 1. The summed E-state index contributed by atoms with van der Waals surface area (Å²) in [6.07, 6.45) is 0.763. The molecule has 0 saturated carbocycles. The van der Waals surface area contributed by atoms with E-state index in [2.05, 4.69) is 0 Å². The maximum absolute atomic E-state index is 12.2. The van der Waals surface area contributed by atoms with Crippen LogP contribution in [0.25, 0.3) is 0 Å². The molecule has 2 unspecified atom stereocenters. The normalized spacial score (nSPS) is 24.0. The number of amides is 1. The van der Waals surface area contributed by atoms with E-state index in [4.69, 9.17) is 11.6 Å². The van der Waals surface area contributed by atoms with E-state index in [0.29, 0.717) is 18.7 Å². The second-order valence-electron chi connectivity index (χ2n) is 4.77. The number of hydrogen-bond donors (Lipinski definition) is 2. The van der Waals surface area contributed by atoms with Crippen LogP contribution in [-0.4, -0.2) is 39.5 Å². The number of carbonyl (C=O) groups excluding carboxylic acids is 1. The summed E-state index contributed by atoms with van der Waals surface area (Å²) in [7, 11) is 0. The molecule has 2 atom stereocenters. The van der Waals surface area contributed by atoms with Crippen LogP contribution < -0.4 is 0 Å². The fraction of sp³-hybridized carbons (Fsp3) is 0.462. The Morgan fingerprint density at radius 2 is 1.94 bits per heavy atom. The maximum Gasteiger partial charge on any atom is 0.254 e. The van der Waals surface area contributed by atoms with Gasteiger partial charge in [0.1, 0.15) is 11.5 Å². The number of phenolic OH excluding ortho intramolecular Hbond substituents is 2. The highest BCUT2D eigenvalue weighted by Crippen LogP contribution is 2.25. The Hall–Kier alpha value is -1.42. The minimum Gasteiger partial charge on any atom is -0.508 e. The minimum atomic E-state index is -0.184. The zero-order valence-corrected chi connectivity index (χ0v) is 10.9. The Kier molecular flexibility index (Phi) is 3.66. The van der Waals surface area contributed by atoms with Crippen LogP contribution in [-0.2, 0) is 0 Å². The Bertz CT molecular complexity index is 443. The highest BCUT2D eigenvalue weighted by atomic mass is 35.5. The van der Waals surface area contributed by atoms with Crippen molar-refractivity contribution in [2.45, 2.75) is 18.7 Å². The van der Waals surface area contributed by atoms with Crippen molar-refractivity contribution in [3.63, 3.8) is 0 Å². The summed E-state index contributed by atoms with van der Waals surface area (Å²) in [5, 5.41) is 18.9. The molecule has 4 nitrogen and oxygen atoms in total. The van der Waals surface area contributed by atoms with Gasteiger partial charge in [0.25, 0.3) is 5.91 Å². The standard InChI is InChI=1S/C13H16ClNO3/c1-8-7-15(3-2-12(8)14)13(18)9-4-10(16)6-11(17)5-9/h4-6,8,12,16-17H,2-3,7H2,1H3. The number of aromatic hydroxyl groups is 2. The van der Waals surface area contributed by atoms with Gasteiger partial charge in [0.05, 0.1) is 0 Å². The number of hydrogen-bond acceptors (Lipinski definition) is 3. The van der Waals surface area contributed by atoms with Gasteiger partial charge in [0.2, 0.25) is 0 Å². The minimum absolute atomic E-state index is 0.103. The largest absolute Gasteiger partial charge is 0.508 e. The molecule has 0 bridgehead atoms. The highest BCUT2D eigenvalue weighted by Gasteiger charge is 2.28. The van der Waals surface area contributed by atoms with Gasteiger partial charge in [-0.05, 0) is 24.5 Å². The molecule has 0 aliphatic carbocycles. The van der Waals surface area contributed by atoms with Crippen LogP contribution in [0.2, 0.25) is 0 Å². The summed E-state index contributed by atoms with van der Waals surface area (Å²) < 4.78 is 0. The fourth-order valence-electron chi connectivity index (χ4n) is 2.20. The summed E-state index contributed by atoms with van der Waals surface area (Å²) >= 11 is 6.12. The molecule has 0 radical (unpaired) electrons. The lowest BCUT2D eigenvalue weighted by molar-refractivity contribution is 0.0686. The van der Waals surface area contributed by atoms with Crippen LogP contribution in [0.5, 0.6) is 11.5 Å². The molecule has 1 aliphatic heterocycles. The topological polar surface area (TPSA) is 60.8 Å². The summed E-state index contributed by atoms with van der Waals surface area (Å²) in [4.78, 5) is 13.9. The molecule has 18 heavy (non-hydrogen) atoms. The third-order valence-corrected chi connectivity index (χ3v) is 3.89. The molecule has 0 aromatic heterocycles. The summed E-state index contributed by atoms with van der Waals surface area (Å²) in [5.41, 5.74) is 0.299. The van der Waals surface area contributed by atoms with Gasteiger partial charge in [-0.2, -0.15) is 0 Å². The van der Waals surface area contributed by atoms with Crippen LogP contribution in [0.3, 0.4) is 0 Å². The third kappa shape index (κ3) is 2.70. The van der Waals surface area contributed by atoms with Gasteiger partial charge < -0.3 is 15.1 Å². The van der Waals surface area contributed by atoms with E-state index < -0.39 is 0 Å². The van der Waals surface area contributed by atoms with Crippen molar-refractivity contribution in [2.24, 2.45) is 5.92 Å². The van der Waals surface area contributed by atoms with E-state index in [1.54, 1.807) is 4.90 Å². The second kappa shape index (κ2) is 5.06. The predicted octanol–water partition coefficient (Wildman–Crippen LogP) is 2.19. The molecule has 0 spiro atoms. The van der Waals surface area contributed by atoms with E-state index in [1.807, 2.05) is 6.92 Å². The molecule has 1 amide bonds. The number of alkyl halides is 1. The number of rotatable bonds is 1. The molecule has 1 fully saturated rings. The number of nitrogens with zero attached hydrogens (tertiary/aromatic N) is 1. The molecule has 2 rings (SSSR count). The monoisotopic (exact) mass is 269 g/mol. The fourth-order valence-corrected chi connectivity index (χ4v) is 2.38. The smallest absolute Gasteiger partial charge is 0.254 e. The zero-order chi connectivity index (χ0) is 13.3. The Labute approximate surface area is 111 Å². The maximum atomic E-state index is 12.2. The highest BCUT2D eigenvalue weighted by molar-refractivity contribution is 6.20. The SMILES string of the molecule is CC1CN(C(=O)c2cc(O)cc(O)c2)CCC1Cl. The van der Waals surface area contributed by atoms with E-state index in [0.717, 1.165) is 6.42 Å². The lowest BCUT2D eigenvalue weighted by Gasteiger charge is -2.34. The lowest BCUT2D eigenvalue weighted by atomic mass is 9.99. The Morgan fingerprint density at radius 3 is 2.50 bits per heavy atom. The first kappa shape index (κ1) is 13.0. The van der Waals surface area contributed by atoms with E-state index in [-0.39, 0.29) is 28.7 Å². The number of piperidine rings is 1. The van der Waals surface area contributed by atoms with Crippen LogP contribution in [0.15, 0.2) is 18.2 Å². The molecule has 1 aromatic carbocycles. The first-order valence-electron chi connectivity index (χ1n) is 5.93. The molecular weight excluding hydrogens is 254 g/mol. The van der Waals surface area contributed by atoms with Crippen LogP contribution >= 0.6 is 11.6 Å². The Balaban J connectivity index is 2.16. The molecular formula is C13H16ClNO3. The summed E-state index contributed by atoms with van der Waals surface area (Å²) in [5.74, 6) is -0.163. The van der Waals surface area contributed by atoms with Crippen molar-refractivity contribution in [3.8, 4) is 11.5 Å². The number of carbonyl (C=O) groups is 1. The van der Waals surface area contributed by atoms with Gasteiger partial charge in [-0.1, -0.05) is 6.92 Å². The van der Waals surface area contributed by atoms with Crippen molar-refractivity contribution < 1.29 is 15.0 Å². The van der Waals surface area contributed by atoms with E-state index in [1.165, 1.54) is 18.2 Å². The second-order valence-corrected chi connectivity index (χ2v) is 5.33. The average molecular weight is 270 g/mol. The molecule has 2 N–H and O–H groups in total. The zero-order valence-electron chi connectivity index (χ0n) is 10.1. The van der Waals surface area contributed by atoms with Gasteiger partial charge in [-0.15, -0.1) is 11.6 Å². The number of benzene rings is 1. The summed E-state index contributed by atoms with van der Waals surface area (Å²) in [6.45, 7) is 3.22. The molecule has 1 aliphatic rings.